The highest BCUT2D eigenvalue weighted by atomic mass is 16.5. The average molecular weight is 356 g/mol. The Morgan fingerprint density at radius 3 is 2.27 bits per heavy atom. The van der Waals surface area contributed by atoms with Crippen LogP contribution < -0.4 is 15.8 Å². The summed E-state index contributed by atoms with van der Waals surface area (Å²) >= 11 is 0. The lowest BCUT2D eigenvalue weighted by molar-refractivity contribution is -0.141. The van der Waals surface area contributed by atoms with Crippen molar-refractivity contribution in [2.75, 3.05) is 13.7 Å². The molecule has 0 radical (unpaired) electrons. The third kappa shape index (κ3) is 5.62. The molecule has 0 aliphatic rings. The molecule has 2 amide bonds. The van der Waals surface area contributed by atoms with Crippen LogP contribution in [0.1, 0.15) is 28.4 Å². The number of carbonyl (C=O) groups is 3. The fraction of sp³-hybridized carbons (Fsp3) is 0.211. The number of amides is 2. The molecule has 136 valence electrons. The number of benzene rings is 2. The number of esters is 1. The van der Waals surface area contributed by atoms with E-state index in [2.05, 4.69) is 5.32 Å². The van der Waals surface area contributed by atoms with E-state index < -0.39 is 17.9 Å². The van der Waals surface area contributed by atoms with Gasteiger partial charge in [-0.05, 0) is 29.8 Å². The minimum absolute atomic E-state index is 0.0199. The van der Waals surface area contributed by atoms with Gasteiger partial charge in [0, 0.05) is 5.56 Å². The molecule has 26 heavy (non-hydrogen) atoms. The standard InChI is InChI=1S/C19H20N2O5/c1-25-18(23)11-16(13-5-3-2-4-6-13)21-19(24)14-7-9-15(10-8-14)26-12-17(20)22/h2-10,16H,11-12H2,1H3,(H2,20,22)(H,21,24). The molecule has 7 heteroatoms. The lowest BCUT2D eigenvalue weighted by Crippen LogP contribution is -2.30. The molecule has 2 rings (SSSR count). The van der Waals surface area contributed by atoms with E-state index in [1.165, 1.54) is 7.11 Å². The van der Waals surface area contributed by atoms with Crippen LogP contribution in [0.15, 0.2) is 54.6 Å². The van der Waals surface area contributed by atoms with Gasteiger partial charge in [0.05, 0.1) is 19.6 Å². The smallest absolute Gasteiger partial charge is 0.307 e. The maximum Gasteiger partial charge on any atom is 0.307 e. The fourth-order valence-corrected chi connectivity index (χ4v) is 2.29. The third-order valence-electron chi connectivity index (χ3n) is 3.60. The van der Waals surface area contributed by atoms with Gasteiger partial charge in [0.1, 0.15) is 5.75 Å². The average Bonchev–Trinajstić information content (AvgIpc) is 2.66. The van der Waals surface area contributed by atoms with Gasteiger partial charge in [-0.1, -0.05) is 30.3 Å². The van der Waals surface area contributed by atoms with E-state index in [-0.39, 0.29) is 18.9 Å². The first-order chi connectivity index (χ1) is 12.5. The molecular weight excluding hydrogens is 336 g/mol. The molecule has 1 atom stereocenters. The summed E-state index contributed by atoms with van der Waals surface area (Å²) in [6.45, 7) is -0.235. The van der Waals surface area contributed by atoms with E-state index in [0.717, 1.165) is 5.56 Å². The van der Waals surface area contributed by atoms with E-state index in [0.29, 0.717) is 11.3 Å². The summed E-state index contributed by atoms with van der Waals surface area (Å²) in [5.41, 5.74) is 6.20. The predicted octanol–water partition coefficient (Wildman–Crippen LogP) is 1.58. The van der Waals surface area contributed by atoms with E-state index in [1.54, 1.807) is 24.3 Å². The molecule has 0 saturated carbocycles. The minimum Gasteiger partial charge on any atom is -0.484 e. The van der Waals surface area contributed by atoms with Crippen molar-refractivity contribution in [1.29, 1.82) is 0 Å². The van der Waals surface area contributed by atoms with Crippen LogP contribution in [-0.4, -0.2) is 31.5 Å². The lowest BCUT2D eigenvalue weighted by atomic mass is 10.0. The topological polar surface area (TPSA) is 108 Å². The van der Waals surface area contributed by atoms with Crippen molar-refractivity contribution in [2.24, 2.45) is 5.73 Å². The zero-order valence-corrected chi connectivity index (χ0v) is 14.3. The predicted molar refractivity (Wildman–Crippen MR) is 94.4 cm³/mol. The number of ether oxygens (including phenoxy) is 2. The number of hydrogen-bond acceptors (Lipinski definition) is 5. The molecule has 7 nitrogen and oxygen atoms in total. The number of carbonyl (C=O) groups excluding carboxylic acids is 3. The van der Waals surface area contributed by atoms with Crippen molar-refractivity contribution in [3.63, 3.8) is 0 Å². The van der Waals surface area contributed by atoms with Crippen LogP contribution in [0.3, 0.4) is 0 Å². The number of hydrogen-bond donors (Lipinski definition) is 2. The van der Waals surface area contributed by atoms with Crippen molar-refractivity contribution >= 4 is 17.8 Å². The first kappa shape index (κ1) is 19.0. The number of methoxy groups -OCH3 is 1. The maximum atomic E-state index is 12.5. The summed E-state index contributed by atoms with van der Waals surface area (Å²) in [5.74, 6) is -0.923. The van der Waals surface area contributed by atoms with Crippen molar-refractivity contribution < 1.29 is 23.9 Å². The van der Waals surface area contributed by atoms with E-state index >= 15 is 0 Å². The van der Waals surface area contributed by atoms with Crippen molar-refractivity contribution in [1.82, 2.24) is 5.32 Å². The van der Waals surface area contributed by atoms with Crippen LogP contribution >= 0.6 is 0 Å². The Hall–Kier alpha value is -3.35. The molecule has 0 aliphatic carbocycles. The molecule has 0 heterocycles. The second-order valence-corrected chi connectivity index (χ2v) is 5.50. The maximum absolute atomic E-state index is 12.5. The van der Waals surface area contributed by atoms with Crippen molar-refractivity contribution in [3.05, 3.63) is 65.7 Å². The van der Waals surface area contributed by atoms with Gasteiger partial charge in [-0.25, -0.2) is 0 Å². The molecule has 0 spiro atoms. The molecular formula is C19H20N2O5. The highest BCUT2D eigenvalue weighted by Gasteiger charge is 2.19. The second kappa shape index (κ2) is 9.22. The van der Waals surface area contributed by atoms with Gasteiger partial charge in [-0.15, -0.1) is 0 Å². The van der Waals surface area contributed by atoms with Gasteiger partial charge in [-0.3, -0.25) is 14.4 Å². The summed E-state index contributed by atoms with van der Waals surface area (Å²) in [6.07, 6.45) is 0.0199. The van der Waals surface area contributed by atoms with Crippen LogP contribution in [-0.2, 0) is 14.3 Å². The molecule has 0 fully saturated rings. The number of nitrogens with one attached hydrogen (secondary N) is 1. The van der Waals surface area contributed by atoms with E-state index in [4.69, 9.17) is 15.2 Å². The zero-order valence-electron chi connectivity index (χ0n) is 14.3. The summed E-state index contributed by atoms with van der Waals surface area (Å²) in [5, 5.41) is 2.83. The second-order valence-electron chi connectivity index (χ2n) is 5.50. The Bertz CT molecular complexity index is 759. The molecule has 3 N–H and O–H groups in total. The Morgan fingerprint density at radius 2 is 1.69 bits per heavy atom. The number of nitrogens with two attached hydrogens (primary N) is 1. The van der Waals surface area contributed by atoms with Crippen LogP contribution in [0.4, 0.5) is 0 Å². The first-order valence-electron chi connectivity index (χ1n) is 7.93. The van der Waals surface area contributed by atoms with Crippen LogP contribution in [0.25, 0.3) is 0 Å². The highest BCUT2D eigenvalue weighted by Crippen LogP contribution is 2.19. The molecule has 0 aliphatic heterocycles. The van der Waals surface area contributed by atoms with E-state index in [1.807, 2.05) is 30.3 Å². The Labute approximate surface area is 151 Å². The minimum atomic E-state index is -0.583. The quantitative estimate of drug-likeness (QED) is 0.698. The molecule has 0 saturated heterocycles. The molecule has 1 unspecified atom stereocenters. The fourth-order valence-electron chi connectivity index (χ4n) is 2.29. The number of rotatable bonds is 8. The summed E-state index contributed by atoms with van der Waals surface area (Å²) in [7, 11) is 1.30. The largest absolute Gasteiger partial charge is 0.484 e. The molecule has 2 aromatic rings. The van der Waals surface area contributed by atoms with Gasteiger partial charge in [0.15, 0.2) is 6.61 Å². The van der Waals surface area contributed by atoms with Crippen LogP contribution in [0.2, 0.25) is 0 Å². The molecule has 0 bridgehead atoms. The summed E-state index contributed by atoms with van der Waals surface area (Å²) in [4.78, 5) is 34.9. The van der Waals surface area contributed by atoms with Gasteiger partial charge in [-0.2, -0.15) is 0 Å². The van der Waals surface area contributed by atoms with Crippen LogP contribution in [0, 0.1) is 0 Å². The van der Waals surface area contributed by atoms with Crippen molar-refractivity contribution in [3.8, 4) is 5.75 Å². The van der Waals surface area contributed by atoms with Gasteiger partial charge in [0.25, 0.3) is 11.8 Å². The SMILES string of the molecule is COC(=O)CC(NC(=O)c1ccc(OCC(N)=O)cc1)c1ccccc1. The first-order valence-corrected chi connectivity index (χ1v) is 7.93. The van der Waals surface area contributed by atoms with Gasteiger partial charge >= 0.3 is 5.97 Å². The normalized spacial score (nSPS) is 11.3. The summed E-state index contributed by atoms with van der Waals surface area (Å²) < 4.78 is 9.86. The van der Waals surface area contributed by atoms with Crippen molar-refractivity contribution in [2.45, 2.75) is 12.5 Å². The third-order valence-corrected chi connectivity index (χ3v) is 3.60. The number of primary amides is 1. The summed E-state index contributed by atoms with van der Waals surface area (Å²) in [6, 6.07) is 14.9. The Morgan fingerprint density at radius 1 is 1.04 bits per heavy atom. The van der Waals surface area contributed by atoms with Crippen LogP contribution in [0.5, 0.6) is 5.75 Å². The molecule has 2 aromatic carbocycles. The van der Waals surface area contributed by atoms with Gasteiger partial charge in [0.2, 0.25) is 0 Å². The molecule has 0 aromatic heterocycles. The lowest BCUT2D eigenvalue weighted by Gasteiger charge is -2.18. The zero-order chi connectivity index (χ0) is 18.9. The highest BCUT2D eigenvalue weighted by molar-refractivity contribution is 5.94. The Kier molecular flexibility index (Phi) is 6.73. The monoisotopic (exact) mass is 356 g/mol. The van der Waals surface area contributed by atoms with Gasteiger partial charge < -0.3 is 20.5 Å². The van der Waals surface area contributed by atoms with E-state index in [9.17, 15) is 14.4 Å². The Balaban J connectivity index is 2.08.